The number of Topliss-reactive ketones (excluding diaryl/α,β-unsaturated/α-hetero) is 1. The topological polar surface area (TPSA) is 62.3 Å². The number of aromatic amines is 1. The molecule has 0 aliphatic carbocycles. The first-order valence-corrected chi connectivity index (χ1v) is 7.83. The van der Waals surface area contributed by atoms with Gasteiger partial charge in [-0.1, -0.05) is 18.2 Å². The summed E-state index contributed by atoms with van der Waals surface area (Å²) < 4.78 is 33.8. The highest BCUT2D eigenvalue weighted by Gasteiger charge is 2.20. The fourth-order valence-electron chi connectivity index (χ4n) is 2.80. The van der Waals surface area contributed by atoms with E-state index < -0.39 is 11.6 Å². The number of aliphatic hydroxyl groups is 1. The van der Waals surface area contributed by atoms with Crippen molar-refractivity contribution in [3.63, 3.8) is 0 Å². The molecule has 0 atom stereocenters. The van der Waals surface area contributed by atoms with Crippen LogP contribution in [0.25, 0.3) is 10.9 Å². The lowest BCUT2D eigenvalue weighted by Crippen LogP contribution is -2.08. The summed E-state index contributed by atoms with van der Waals surface area (Å²) in [5.74, 6) is -1.08. The Labute approximate surface area is 143 Å². The second-order valence-corrected chi connectivity index (χ2v) is 5.72. The number of carbonyl (C=O) groups is 1. The molecule has 1 aromatic heterocycles. The van der Waals surface area contributed by atoms with Gasteiger partial charge in [0.2, 0.25) is 0 Å². The molecule has 4 nitrogen and oxygen atoms in total. The standard InChI is InChI=1S/C19H17F2NO3/c1-11-8-14(20)19-17(18(11)21)13(10-22-19)15(24)9-12-4-2-3-5-16(12)25-7-6-23/h2-5,8,10,22-23H,6-7,9H2,1H3. The molecule has 0 aliphatic heterocycles. The summed E-state index contributed by atoms with van der Waals surface area (Å²) in [5, 5.41) is 8.85. The van der Waals surface area contributed by atoms with Crippen LogP contribution in [0.3, 0.4) is 0 Å². The van der Waals surface area contributed by atoms with Crippen LogP contribution in [-0.2, 0) is 6.42 Å². The number of ketones is 1. The predicted octanol–water partition coefficient (Wildman–Crippen LogP) is 3.55. The number of para-hydroxylation sites is 1. The van der Waals surface area contributed by atoms with Crippen LogP contribution in [-0.4, -0.2) is 29.1 Å². The average molecular weight is 345 g/mol. The minimum Gasteiger partial charge on any atom is -0.491 e. The Hall–Kier alpha value is -2.73. The molecule has 0 saturated carbocycles. The Morgan fingerprint density at radius 3 is 2.80 bits per heavy atom. The first kappa shape index (κ1) is 17.1. The van der Waals surface area contributed by atoms with Crippen molar-refractivity contribution >= 4 is 16.7 Å². The van der Waals surface area contributed by atoms with Gasteiger partial charge in [-0.2, -0.15) is 0 Å². The molecule has 2 N–H and O–H groups in total. The third-order valence-electron chi connectivity index (χ3n) is 4.00. The molecule has 6 heteroatoms. The van der Waals surface area contributed by atoms with Crippen molar-refractivity contribution in [1.82, 2.24) is 4.98 Å². The summed E-state index contributed by atoms with van der Waals surface area (Å²) in [6, 6.07) is 8.03. The summed E-state index contributed by atoms with van der Waals surface area (Å²) in [7, 11) is 0. The Morgan fingerprint density at radius 1 is 1.28 bits per heavy atom. The van der Waals surface area contributed by atoms with Crippen LogP contribution in [0, 0.1) is 18.6 Å². The van der Waals surface area contributed by atoms with Crippen LogP contribution >= 0.6 is 0 Å². The average Bonchev–Trinajstić information content (AvgIpc) is 3.05. The highest BCUT2D eigenvalue weighted by atomic mass is 19.1. The summed E-state index contributed by atoms with van der Waals surface area (Å²) in [6.07, 6.45) is 1.30. The maximum absolute atomic E-state index is 14.4. The van der Waals surface area contributed by atoms with E-state index in [1.165, 1.54) is 13.1 Å². The van der Waals surface area contributed by atoms with Gasteiger partial charge in [0.05, 0.1) is 12.1 Å². The molecule has 0 spiro atoms. The Kier molecular flexibility index (Phi) is 4.81. The molecule has 0 radical (unpaired) electrons. The summed E-state index contributed by atoms with van der Waals surface area (Å²) in [6.45, 7) is 1.42. The molecular formula is C19H17F2NO3. The Bertz CT molecular complexity index is 934. The van der Waals surface area contributed by atoms with Gasteiger partial charge in [-0.3, -0.25) is 4.79 Å². The van der Waals surface area contributed by atoms with E-state index in [4.69, 9.17) is 9.84 Å². The van der Waals surface area contributed by atoms with Crippen LogP contribution in [0.4, 0.5) is 8.78 Å². The number of aromatic nitrogens is 1. The van der Waals surface area contributed by atoms with Crippen molar-refractivity contribution in [3.8, 4) is 5.75 Å². The molecule has 3 aromatic rings. The number of nitrogens with one attached hydrogen (secondary N) is 1. The number of rotatable bonds is 6. The van der Waals surface area contributed by atoms with Crippen LogP contribution in [0.2, 0.25) is 0 Å². The predicted molar refractivity (Wildman–Crippen MR) is 90.0 cm³/mol. The normalized spacial score (nSPS) is 11.0. The molecule has 0 aliphatic rings. The number of carbonyl (C=O) groups excluding carboxylic acids is 1. The third-order valence-corrected chi connectivity index (χ3v) is 4.00. The molecule has 0 fully saturated rings. The van der Waals surface area contributed by atoms with E-state index in [1.54, 1.807) is 24.3 Å². The molecule has 2 aromatic carbocycles. The van der Waals surface area contributed by atoms with E-state index in [0.29, 0.717) is 11.3 Å². The van der Waals surface area contributed by atoms with E-state index in [2.05, 4.69) is 4.98 Å². The largest absolute Gasteiger partial charge is 0.491 e. The quantitative estimate of drug-likeness (QED) is 0.672. The lowest BCUT2D eigenvalue weighted by atomic mass is 10.0. The summed E-state index contributed by atoms with van der Waals surface area (Å²) in [4.78, 5) is 15.3. The Morgan fingerprint density at radius 2 is 2.04 bits per heavy atom. The van der Waals surface area contributed by atoms with Gasteiger partial charge in [-0.05, 0) is 24.6 Å². The maximum Gasteiger partial charge on any atom is 0.169 e. The van der Waals surface area contributed by atoms with Gasteiger partial charge < -0.3 is 14.8 Å². The first-order chi connectivity index (χ1) is 12.0. The smallest absolute Gasteiger partial charge is 0.169 e. The lowest BCUT2D eigenvalue weighted by Gasteiger charge is -2.10. The van der Waals surface area contributed by atoms with Crippen molar-refractivity contribution < 1.29 is 23.4 Å². The number of halogens is 2. The van der Waals surface area contributed by atoms with Gasteiger partial charge in [-0.15, -0.1) is 0 Å². The van der Waals surface area contributed by atoms with Crippen molar-refractivity contribution in [2.45, 2.75) is 13.3 Å². The summed E-state index contributed by atoms with van der Waals surface area (Å²) >= 11 is 0. The number of fused-ring (bicyclic) bond motifs is 1. The number of hydrogen-bond acceptors (Lipinski definition) is 3. The minimum absolute atomic E-state index is 0.0173. The zero-order chi connectivity index (χ0) is 18.0. The van der Waals surface area contributed by atoms with Crippen LogP contribution in [0.1, 0.15) is 21.5 Å². The lowest BCUT2D eigenvalue weighted by molar-refractivity contribution is 0.0993. The number of aliphatic hydroxyl groups excluding tert-OH is 1. The molecule has 0 saturated heterocycles. The molecule has 25 heavy (non-hydrogen) atoms. The molecule has 0 unspecified atom stereocenters. The second kappa shape index (κ2) is 7.03. The van der Waals surface area contributed by atoms with Crippen molar-refractivity contribution in [2.24, 2.45) is 0 Å². The van der Waals surface area contributed by atoms with Gasteiger partial charge in [0.25, 0.3) is 0 Å². The van der Waals surface area contributed by atoms with E-state index in [1.807, 2.05) is 0 Å². The fourth-order valence-corrected chi connectivity index (χ4v) is 2.80. The van der Waals surface area contributed by atoms with Crippen molar-refractivity contribution in [3.05, 3.63) is 64.9 Å². The van der Waals surface area contributed by atoms with Gasteiger partial charge >= 0.3 is 0 Å². The fraction of sp³-hybridized carbons (Fsp3) is 0.211. The van der Waals surface area contributed by atoms with E-state index >= 15 is 0 Å². The van der Waals surface area contributed by atoms with Gasteiger partial charge in [0, 0.05) is 29.1 Å². The zero-order valence-electron chi connectivity index (χ0n) is 13.6. The maximum atomic E-state index is 14.4. The molecule has 0 bridgehead atoms. The van der Waals surface area contributed by atoms with E-state index in [-0.39, 0.29) is 47.4 Å². The molecule has 0 amide bonds. The van der Waals surface area contributed by atoms with Gasteiger partial charge in [-0.25, -0.2) is 8.78 Å². The highest BCUT2D eigenvalue weighted by molar-refractivity contribution is 6.09. The number of ether oxygens (including phenoxy) is 1. The number of H-pyrrole nitrogens is 1. The molecule has 1 heterocycles. The molecule has 3 rings (SSSR count). The number of benzene rings is 2. The first-order valence-electron chi connectivity index (χ1n) is 7.83. The van der Waals surface area contributed by atoms with Crippen LogP contribution < -0.4 is 4.74 Å². The molecule has 130 valence electrons. The number of aryl methyl sites for hydroxylation is 1. The Balaban J connectivity index is 1.97. The minimum atomic E-state index is -0.606. The summed E-state index contributed by atoms with van der Waals surface area (Å²) in [5.41, 5.74) is 0.845. The zero-order valence-corrected chi connectivity index (χ0v) is 13.6. The SMILES string of the molecule is Cc1cc(F)c2[nH]cc(C(=O)Cc3ccccc3OCCO)c2c1F. The van der Waals surface area contributed by atoms with Crippen molar-refractivity contribution in [2.75, 3.05) is 13.2 Å². The van der Waals surface area contributed by atoms with E-state index in [9.17, 15) is 13.6 Å². The number of hydrogen-bond donors (Lipinski definition) is 2. The van der Waals surface area contributed by atoms with Crippen LogP contribution in [0.15, 0.2) is 36.5 Å². The van der Waals surface area contributed by atoms with Crippen molar-refractivity contribution in [1.29, 1.82) is 0 Å². The highest BCUT2D eigenvalue weighted by Crippen LogP contribution is 2.28. The third kappa shape index (κ3) is 3.25. The van der Waals surface area contributed by atoms with Crippen LogP contribution in [0.5, 0.6) is 5.75 Å². The van der Waals surface area contributed by atoms with E-state index in [0.717, 1.165) is 6.07 Å². The monoisotopic (exact) mass is 345 g/mol. The van der Waals surface area contributed by atoms with Gasteiger partial charge in [0.15, 0.2) is 5.78 Å². The second-order valence-electron chi connectivity index (χ2n) is 5.72. The van der Waals surface area contributed by atoms with Gasteiger partial charge in [0.1, 0.15) is 24.0 Å². The molecular weight excluding hydrogens is 328 g/mol.